The molecule has 4 nitrogen and oxygen atoms in total. The number of hydrogen-bond donors (Lipinski definition) is 1. The summed E-state index contributed by atoms with van der Waals surface area (Å²) in [6.45, 7) is 10.4. The molecule has 1 heterocycles. The third-order valence-corrected chi connectivity index (χ3v) is 5.16. The van der Waals surface area contributed by atoms with Gasteiger partial charge in [-0.15, -0.1) is 0 Å². The topological polar surface area (TPSA) is 43.8 Å². The molecule has 0 aromatic carbocycles. The Labute approximate surface area is 116 Å². The molecule has 0 radical (unpaired) electrons. The molecule has 1 aliphatic heterocycles. The highest BCUT2D eigenvalue weighted by atomic mass is 16.4. The summed E-state index contributed by atoms with van der Waals surface area (Å²) >= 11 is 0. The molecule has 0 bridgehead atoms. The molecule has 2 fully saturated rings. The van der Waals surface area contributed by atoms with Crippen LogP contribution in [0.3, 0.4) is 0 Å². The molecular weight excluding hydrogens is 240 g/mol. The maximum Gasteiger partial charge on any atom is 0.320 e. The van der Waals surface area contributed by atoms with Crippen molar-refractivity contribution in [1.29, 1.82) is 0 Å². The summed E-state index contributed by atoms with van der Waals surface area (Å²) in [5, 5.41) is 9.08. The third-order valence-electron chi connectivity index (χ3n) is 5.16. The van der Waals surface area contributed by atoms with Gasteiger partial charge in [-0.25, -0.2) is 0 Å². The second-order valence-corrected chi connectivity index (χ2v) is 6.46. The van der Waals surface area contributed by atoms with Gasteiger partial charge in [0.15, 0.2) is 0 Å². The largest absolute Gasteiger partial charge is 0.480 e. The summed E-state index contributed by atoms with van der Waals surface area (Å²) in [7, 11) is 0. The summed E-state index contributed by atoms with van der Waals surface area (Å²) in [4.78, 5) is 15.7. The normalized spacial score (nSPS) is 36.1. The molecule has 0 amide bonds. The van der Waals surface area contributed by atoms with E-state index in [9.17, 15) is 4.79 Å². The van der Waals surface area contributed by atoms with Crippen LogP contribution in [0.15, 0.2) is 0 Å². The molecule has 2 rings (SSSR count). The molecule has 19 heavy (non-hydrogen) atoms. The summed E-state index contributed by atoms with van der Waals surface area (Å²) in [5.41, 5.74) is 0. The minimum Gasteiger partial charge on any atom is -0.480 e. The first-order valence-corrected chi connectivity index (χ1v) is 7.71. The minimum atomic E-state index is -0.701. The van der Waals surface area contributed by atoms with E-state index in [2.05, 4.69) is 23.6 Å². The van der Waals surface area contributed by atoms with Crippen molar-refractivity contribution in [2.45, 2.75) is 52.1 Å². The van der Waals surface area contributed by atoms with Crippen LogP contribution in [0.5, 0.6) is 0 Å². The van der Waals surface area contributed by atoms with E-state index in [1.165, 1.54) is 19.3 Å². The number of nitrogens with zero attached hydrogens (tertiary/aromatic N) is 2. The Morgan fingerprint density at radius 2 is 1.63 bits per heavy atom. The molecule has 2 aliphatic rings. The lowest BCUT2D eigenvalue weighted by Gasteiger charge is -2.46. The Balaban J connectivity index is 1.90. The monoisotopic (exact) mass is 268 g/mol. The van der Waals surface area contributed by atoms with Crippen molar-refractivity contribution in [2.75, 3.05) is 26.2 Å². The fraction of sp³-hybridized carbons (Fsp3) is 0.933. The van der Waals surface area contributed by atoms with Gasteiger partial charge in [-0.2, -0.15) is 0 Å². The van der Waals surface area contributed by atoms with Crippen LogP contribution in [0.4, 0.5) is 0 Å². The number of carboxylic acids is 1. The lowest BCUT2D eigenvalue weighted by molar-refractivity contribution is -0.143. The number of aliphatic carboxylic acids is 1. The van der Waals surface area contributed by atoms with Crippen LogP contribution in [0.25, 0.3) is 0 Å². The predicted octanol–water partition coefficient (Wildman–Crippen LogP) is 1.90. The van der Waals surface area contributed by atoms with Gasteiger partial charge in [-0.3, -0.25) is 14.6 Å². The van der Waals surface area contributed by atoms with E-state index in [0.717, 1.165) is 38.0 Å². The summed E-state index contributed by atoms with van der Waals surface area (Å²) in [5.74, 6) is 0.868. The number of hydrogen-bond acceptors (Lipinski definition) is 3. The highest BCUT2D eigenvalue weighted by Crippen LogP contribution is 2.33. The maximum absolute atomic E-state index is 11.0. The smallest absolute Gasteiger partial charge is 0.320 e. The second-order valence-electron chi connectivity index (χ2n) is 6.46. The van der Waals surface area contributed by atoms with E-state index < -0.39 is 5.97 Å². The van der Waals surface area contributed by atoms with E-state index in [0.29, 0.717) is 6.04 Å². The Kier molecular flexibility index (Phi) is 4.85. The fourth-order valence-electron chi connectivity index (χ4n) is 3.96. The molecule has 3 atom stereocenters. The number of rotatable bonds is 3. The van der Waals surface area contributed by atoms with Gasteiger partial charge in [0.25, 0.3) is 0 Å². The standard InChI is InChI=1S/C15H28N2O2/c1-11-5-4-6-12(2)14(11)17-9-7-16(8-10-17)13(3)15(18)19/h11-14H,4-10H2,1-3H3,(H,18,19). The number of piperazine rings is 1. The Bertz CT molecular complexity index is 303. The van der Waals surface area contributed by atoms with Crippen LogP contribution in [-0.2, 0) is 4.79 Å². The maximum atomic E-state index is 11.0. The highest BCUT2D eigenvalue weighted by Gasteiger charge is 2.35. The SMILES string of the molecule is CC1CCCC(C)C1N1CCN(C(C)C(=O)O)CC1. The fourth-order valence-corrected chi connectivity index (χ4v) is 3.96. The van der Waals surface area contributed by atoms with Gasteiger partial charge in [-0.1, -0.05) is 20.3 Å². The van der Waals surface area contributed by atoms with E-state index in [1.54, 1.807) is 6.92 Å². The Hall–Kier alpha value is -0.610. The zero-order valence-electron chi connectivity index (χ0n) is 12.5. The lowest BCUT2D eigenvalue weighted by atomic mass is 9.77. The quantitative estimate of drug-likeness (QED) is 0.849. The molecule has 4 heteroatoms. The molecule has 1 saturated carbocycles. The van der Waals surface area contributed by atoms with Gasteiger partial charge >= 0.3 is 5.97 Å². The molecule has 1 N–H and O–H groups in total. The Morgan fingerprint density at radius 3 is 2.11 bits per heavy atom. The molecule has 0 aromatic rings. The first kappa shape index (κ1) is 14.8. The van der Waals surface area contributed by atoms with Gasteiger partial charge < -0.3 is 5.11 Å². The van der Waals surface area contributed by atoms with E-state index in [1.807, 2.05) is 0 Å². The van der Waals surface area contributed by atoms with Gasteiger partial charge in [-0.05, 0) is 31.6 Å². The number of carboxylic acid groups (broad SMARTS) is 1. The van der Waals surface area contributed by atoms with Crippen molar-refractivity contribution < 1.29 is 9.90 Å². The van der Waals surface area contributed by atoms with E-state index >= 15 is 0 Å². The summed E-state index contributed by atoms with van der Waals surface area (Å²) < 4.78 is 0. The second kappa shape index (κ2) is 6.23. The predicted molar refractivity (Wildman–Crippen MR) is 76.2 cm³/mol. The van der Waals surface area contributed by atoms with Crippen molar-refractivity contribution >= 4 is 5.97 Å². The summed E-state index contributed by atoms with van der Waals surface area (Å²) in [6, 6.07) is 0.361. The van der Waals surface area contributed by atoms with Crippen LogP contribution >= 0.6 is 0 Å². The van der Waals surface area contributed by atoms with Crippen LogP contribution in [0.2, 0.25) is 0 Å². The average molecular weight is 268 g/mol. The van der Waals surface area contributed by atoms with Crippen LogP contribution in [-0.4, -0.2) is 59.1 Å². The third kappa shape index (κ3) is 3.29. The van der Waals surface area contributed by atoms with Crippen molar-refractivity contribution in [3.05, 3.63) is 0 Å². The highest BCUT2D eigenvalue weighted by molar-refractivity contribution is 5.72. The van der Waals surface area contributed by atoms with Crippen LogP contribution < -0.4 is 0 Å². The first-order chi connectivity index (χ1) is 9.00. The number of carbonyl (C=O) groups is 1. The van der Waals surface area contributed by atoms with E-state index in [-0.39, 0.29) is 6.04 Å². The molecule has 0 aromatic heterocycles. The lowest BCUT2D eigenvalue weighted by Crippen LogP contribution is -2.57. The minimum absolute atomic E-state index is 0.344. The van der Waals surface area contributed by atoms with Gasteiger partial charge in [0, 0.05) is 32.2 Å². The molecule has 3 unspecified atom stereocenters. The molecule has 1 saturated heterocycles. The first-order valence-electron chi connectivity index (χ1n) is 7.71. The molecular formula is C15H28N2O2. The summed E-state index contributed by atoms with van der Waals surface area (Å²) in [6.07, 6.45) is 4.07. The van der Waals surface area contributed by atoms with Crippen molar-refractivity contribution in [1.82, 2.24) is 9.80 Å². The van der Waals surface area contributed by atoms with Crippen LogP contribution in [0.1, 0.15) is 40.0 Å². The zero-order chi connectivity index (χ0) is 14.0. The van der Waals surface area contributed by atoms with Crippen molar-refractivity contribution in [3.63, 3.8) is 0 Å². The van der Waals surface area contributed by atoms with Gasteiger partial charge in [0.2, 0.25) is 0 Å². The van der Waals surface area contributed by atoms with Crippen molar-refractivity contribution in [3.8, 4) is 0 Å². The zero-order valence-corrected chi connectivity index (χ0v) is 12.5. The van der Waals surface area contributed by atoms with E-state index in [4.69, 9.17) is 5.11 Å². The molecule has 1 aliphatic carbocycles. The van der Waals surface area contributed by atoms with Crippen molar-refractivity contribution in [2.24, 2.45) is 11.8 Å². The van der Waals surface area contributed by atoms with Crippen LogP contribution in [0, 0.1) is 11.8 Å². The van der Waals surface area contributed by atoms with Gasteiger partial charge in [0.1, 0.15) is 6.04 Å². The molecule has 110 valence electrons. The average Bonchev–Trinajstić information content (AvgIpc) is 2.38. The Morgan fingerprint density at radius 1 is 1.11 bits per heavy atom. The van der Waals surface area contributed by atoms with Gasteiger partial charge in [0.05, 0.1) is 0 Å². The molecule has 0 spiro atoms.